The number of allylic oxidation sites excluding steroid dienone is 1. The van der Waals surface area contributed by atoms with Crippen molar-refractivity contribution < 1.29 is 19.4 Å². The molecule has 0 amide bonds. The topological polar surface area (TPSA) is 63.6 Å². The number of rotatable bonds is 2. The first-order valence-electron chi connectivity index (χ1n) is 4.74. The van der Waals surface area contributed by atoms with E-state index in [0.29, 0.717) is 12.8 Å². The normalized spacial score (nSPS) is 29.7. The van der Waals surface area contributed by atoms with Crippen molar-refractivity contribution in [2.75, 3.05) is 0 Å². The minimum Gasteiger partial charge on any atom is -0.450 e. The van der Waals surface area contributed by atoms with Gasteiger partial charge in [-0.25, -0.2) is 4.79 Å². The smallest absolute Gasteiger partial charge is 0.450 e. The highest BCUT2D eigenvalue weighted by molar-refractivity contribution is 5.57. The molecule has 2 atom stereocenters. The molecule has 0 aromatic carbocycles. The average Bonchev–Trinajstić information content (AvgIpc) is 2.10. The van der Waals surface area contributed by atoms with E-state index in [0.717, 1.165) is 19.1 Å². The Bertz CT molecular complexity index is 234. The monoisotopic (exact) mass is 198 g/mol. The van der Waals surface area contributed by atoms with Crippen LogP contribution >= 0.6 is 0 Å². The van der Waals surface area contributed by atoms with Gasteiger partial charge in [0, 0.05) is 5.92 Å². The molecule has 78 valence electrons. The third kappa shape index (κ3) is 3.60. The van der Waals surface area contributed by atoms with Crippen LogP contribution in [0.5, 0.6) is 0 Å². The molecule has 1 aliphatic carbocycles. The Morgan fingerprint density at radius 2 is 2.21 bits per heavy atom. The zero-order valence-corrected chi connectivity index (χ0v) is 7.89. The first kappa shape index (κ1) is 10.8. The molecule has 0 heterocycles. The molecule has 1 aliphatic rings. The van der Waals surface area contributed by atoms with Crippen molar-refractivity contribution in [2.24, 2.45) is 5.92 Å². The zero-order chi connectivity index (χ0) is 10.4. The van der Waals surface area contributed by atoms with Gasteiger partial charge in [-0.3, -0.25) is 0 Å². The lowest BCUT2D eigenvalue weighted by atomic mass is 9.94. The summed E-state index contributed by atoms with van der Waals surface area (Å²) < 4.78 is 4.63. The predicted octanol–water partition coefficient (Wildman–Crippen LogP) is 1.99. The number of carbonyl (C=O) groups is 2. The molecule has 1 N–H and O–H groups in total. The lowest BCUT2D eigenvalue weighted by Crippen LogP contribution is -2.17. The van der Waals surface area contributed by atoms with Crippen LogP contribution in [-0.4, -0.2) is 23.7 Å². The number of ether oxygens (including phenoxy) is 1. The maximum absolute atomic E-state index is 10.6. The molecule has 14 heavy (non-hydrogen) atoms. The number of carboxylic acid groups (broad SMARTS) is 1. The summed E-state index contributed by atoms with van der Waals surface area (Å²) >= 11 is 0. The van der Waals surface area contributed by atoms with E-state index in [2.05, 4.69) is 4.74 Å². The molecule has 2 unspecified atom stereocenters. The van der Waals surface area contributed by atoms with Gasteiger partial charge in [-0.1, -0.05) is 6.08 Å². The molecule has 0 bridgehead atoms. The summed E-state index contributed by atoms with van der Waals surface area (Å²) in [6.45, 7) is 0. The maximum atomic E-state index is 10.6. The van der Waals surface area contributed by atoms with Crippen LogP contribution in [0.1, 0.15) is 25.7 Å². The fraction of sp³-hybridized carbons (Fsp3) is 0.600. The van der Waals surface area contributed by atoms with E-state index in [1.165, 1.54) is 0 Å². The van der Waals surface area contributed by atoms with Gasteiger partial charge in [0.1, 0.15) is 12.4 Å². The Hall–Kier alpha value is -1.32. The summed E-state index contributed by atoms with van der Waals surface area (Å²) in [4.78, 5) is 20.9. The zero-order valence-electron chi connectivity index (χ0n) is 7.89. The molecule has 0 aliphatic heterocycles. The Morgan fingerprint density at radius 3 is 2.86 bits per heavy atom. The van der Waals surface area contributed by atoms with Crippen LogP contribution in [0.2, 0.25) is 0 Å². The van der Waals surface area contributed by atoms with Crippen LogP contribution in [0.25, 0.3) is 0 Å². The highest BCUT2D eigenvalue weighted by atomic mass is 16.7. The minimum absolute atomic E-state index is 0.0415. The SMILES string of the molecule is O=CC1CC/C=C/C(OC(=O)O)CC1. The average molecular weight is 198 g/mol. The minimum atomic E-state index is -1.26. The number of hydrogen-bond acceptors (Lipinski definition) is 3. The lowest BCUT2D eigenvalue weighted by Gasteiger charge is -2.17. The first-order chi connectivity index (χ1) is 6.72. The van der Waals surface area contributed by atoms with Gasteiger partial charge in [0.2, 0.25) is 0 Å². The molecule has 0 fully saturated rings. The Balaban J connectivity index is 2.48. The van der Waals surface area contributed by atoms with Crippen molar-refractivity contribution in [1.29, 1.82) is 0 Å². The predicted molar refractivity (Wildman–Crippen MR) is 50.1 cm³/mol. The maximum Gasteiger partial charge on any atom is 0.506 e. The second-order valence-corrected chi connectivity index (χ2v) is 3.40. The largest absolute Gasteiger partial charge is 0.506 e. The summed E-state index contributed by atoms with van der Waals surface area (Å²) in [5.74, 6) is 0.0415. The van der Waals surface area contributed by atoms with E-state index in [1.54, 1.807) is 6.08 Å². The lowest BCUT2D eigenvalue weighted by molar-refractivity contribution is -0.111. The molecular weight excluding hydrogens is 184 g/mol. The molecule has 1 rings (SSSR count). The van der Waals surface area contributed by atoms with E-state index in [-0.39, 0.29) is 5.92 Å². The van der Waals surface area contributed by atoms with Crippen LogP contribution in [0.4, 0.5) is 4.79 Å². The third-order valence-corrected chi connectivity index (χ3v) is 2.32. The summed E-state index contributed by atoms with van der Waals surface area (Å²) in [6.07, 6.45) is 5.87. The standard InChI is InChI=1S/C10H14O4/c11-7-8-3-1-2-4-9(6-5-8)14-10(12)13/h2,4,7-9H,1,3,5-6H2,(H,12,13)/b4-2+. The van der Waals surface area contributed by atoms with Crippen molar-refractivity contribution >= 4 is 12.4 Å². The highest BCUT2D eigenvalue weighted by Gasteiger charge is 2.16. The summed E-state index contributed by atoms with van der Waals surface area (Å²) in [7, 11) is 0. The van der Waals surface area contributed by atoms with Crippen LogP contribution in [0.15, 0.2) is 12.2 Å². The molecule has 4 nitrogen and oxygen atoms in total. The van der Waals surface area contributed by atoms with Crippen molar-refractivity contribution in [3.63, 3.8) is 0 Å². The quantitative estimate of drug-likeness (QED) is 0.418. The van der Waals surface area contributed by atoms with Gasteiger partial charge in [-0.15, -0.1) is 0 Å². The van der Waals surface area contributed by atoms with Crippen molar-refractivity contribution in [3.05, 3.63) is 12.2 Å². The number of aldehydes is 1. The van der Waals surface area contributed by atoms with E-state index in [1.807, 2.05) is 6.08 Å². The van der Waals surface area contributed by atoms with Crippen LogP contribution in [0.3, 0.4) is 0 Å². The number of carbonyl (C=O) groups excluding carboxylic acids is 1. The van der Waals surface area contributed by atoms with Gasteiger partial charge in [0.25, 0.3) is 0 Å². The van der Waals surface area contributed by atoms with E-state index in [9.17, 15) is 9.59 Å². The molecule has 0 saturated carbocycles. The van der Waals surface area contributed by atoms with E-state index < -0.39 is 12.3 Å². The molecule has 0 aromatic heterocycles. The molecule has 4 heteroatoms. The fourth-order valence-corrected chi connectivity index (χ4v) is 1.54. The van der Waals surface area contributed by atoms with Gasteiger partial charge in [0.05, 0.1) is 0 Å². The third-order valence-electron chi connectivity index (χ3n) is 2.32. The summed E-state index contributed by atoms with van der Waals surface area (Å²) in [6, 6.07) is 0. The second kappa shape index (κ2) is 5.42. The van der Waals surface area contributed by atoms with Gasteiger partial charge in [-0.2, -0.15) is 0 Å². The molecule has 0 spiro atoms. The van der Waals surface area contributed by atoms with E-state index in [4.69, 9.17) is 5.11 Å². The van der Waals surface area contributed by atoms with Crippen LogP contribution in [-0.2, 0) is 9.53 Å². The van der Waals surface area contributed by atoms with Crippen molar-refractivity contribution in [3.8, 4) is 0 Å². The highest BCUT2D eigenvalue weighted by Crippen LogP contribution is 2.18. The molecule has 0 aromatic rings. The van der Waals surface area contributed by atoms with Gasteiger partial charge >= 0.3 is 6.16 Å². The summed E-state index contributed by atoms with van der Waals surface area (Å²) in [5.41, 5.74) is 0. The van der Waals surface area contributed by atoms with Gasteiger partial charge < -0.3 is 14.6 Å². The first-order valence-corrected chi connectivity index (χ1v) is 4.74. The van der Waals surface area contributed by atoms with Crippen molar-refractivity contribution in [2.45, 2.75) is 31.8 Å². The van der Waals surface area contributed by atoms with Crippen molar-refractivity contribution in [1.82, 2.24) is 0 Å². The Kier molecular flexibility index (Phi) is 4.16. The number of hydrogen-bond donors (Lipinski definition) is 1. The van der Waals surface area contributed by atoms with Crippen LogP contribution in [0, 0.1) is 5.92 Å². The van der Waals surface area contributed by atoms with E-state index >= 15 is 0 Å². The Labute approximate surface area is 82.6 Å². The molecule has 0 saturated heterocycles. The second-order valence-electron chi connectivity index (χ2n) is 3.40. The van der Waals surface area contributed by atoms with Gasteiger partial charge in [-0.05, 0) is 31.8 Å². The molecule has 0 radical (unpaired) electrons. The van der Waals surface area contributed by atoms with Gasteiger partial charge in [0.15, 0.2) is 0 Å². The molecular formula is C10H14O4. The fourth-order valence-electron chi connectivity index (χ4n) is 1.54. The van der Waals surface area contributed by atoms with Crippen LogP contribution < -0.4 is 0 Å². The summed E-state index contributed by atoms with van der Waals surface area (Å²) in [5, 5.41) is 8.43. The Morgan fingerprint density at radius 1 is 1.43 bits per heavy atom.